The first-order valence-corrected chi connectivity index (χ1v) is 9.89. The zero-order chi connectivity index (χ0) is 22.2. The minimum Gasteiger partial charge on any atom is -0.314 e. The first-order chi connectivity index (χ1) is 13.5. The van der Waals surface area contributed by atoms with Crippen LogP contribution in [-0.4, -0.2) is 25.5 Å². The normalized spacial score (nSPS) is 10.8. The van der Waals surface area contributed by atoms with E-state index >= 15 is 0 Å². The molecule has 0 aliphatic heterocycles. The molecule has 29 heavy (non-hydrogen) atoms. The highest BCUT2D eigenvalue weighted by molar-refractivity contribution is 7.98. The lowest BCUT2D eigenvalue weighted by Gasteiger charge is -2.21. The van der Waals surface area contributed by atoms with Crippen molar-refractivity contribution in [1.82, 2.24) is 5.01 Å². The predicted octanol–water partition coefficient (Wildman–Crippen LogP) is 4.47. The lowest BCUT2D eigenvalue weighted by atomic mass is 10.1. The van der Waals surface area contributed by atoms with E-state index in [9.17, 15) is 18.0 Å². The van der Waals surface area contributed by atoms with E-state index in [2.05, 4.69) is 0 Å². The van der Waals surface area contributed by atoms with Crippen molar-refractivity contribution in [2.24, 2.45) is 11.7 Å². The summed E-state index contributed by atoms with van der Waals surface area (Å²) in [6.07, 6.45) is -3.07. The second-order valence-electron chi connectivity index (χ2n) is 6.09. The fourth-order valence-corrected chi connectivity index (χ4v) is 3.68. The Morgan fingerprint density at radius 3 is 2.28 bits per heavy atom. The largest absolute Gasteiger partial charge is 0.416 e. The molecule has 0 unspecified atom stereocenters. The molecule has 0 aliphatic rings. The van der Waals surface area contributed by atoms with Crippen LogP contribution in [0.2, 0.25) is 5.02 Å². The van der Waals surface area contributed by atoms with Crippen LogP contribution in [0.15, 0.2) is 41.3 Å². The molecule has 0 radical (unpaired) electrons. The molecule has 5 nitrogen and oxygen atoms in total. The van der Waals surface area contributed by atoms with Gasteiger partial charge in [-0.3, -0.25) is 9.80 Å². The van der Waals surface area contributed by atoms with E-state index in [-0.39, 0.29) is 11.3 Å². The first-order valence-electron chi connectivity index (χ1n) is 8.52. The highest BCUT2D eigenvalue weighted by atomic mass is 35.5. The molecule has 2 aromatic rings. The molecule has 10 heteroatoms. The number of hydrogen-bond donors (Lipinski definition) is 2. The van der Waals surface area contributed by atoms with Gasteiger partial charge < -0.3 is 5.01 Å². The monoisotopic (exact) mass is 448 g/mol. The Morgan fingerprint density at radius 2 is 1.79 bits per heavy atom. The van der Waals surface area contributed by atoms with Gasteiger partial charge in [0.2, 0.25) is 6.41 Å². The van der Waals surface area contributed by atoms with Crippen molar-refractivity contribution in [2.45, 2.75) is 30.2 Å². The number of halogens is 4. The van der Waals surface area contributed by atoms with Crippen LogP contribution in [0.25, 0.3) is 0 Å². The van der Waals surface area contributed by atoms with Crippen molar-refractivity contribution in [2.75, 3.05) is 19.1 Å². The number of nitrogens with zero attached hydrogens (tertiary/aromatic N) is 2. The maximum absolute atomic E-state index is 13.3. The zero-order valence-electron chi connectivity index (χ0n) is 16.3. The maximum Gasteiger partial charge on any atom is 0.416 e. The Kier molecular flexibility index (Phi) is 9.78. The van der Waals surface area contributed by atoms with E-state index in [1.807, 2.05) is 19.1 Å². The first kappa shape index (κ1) is 25.1. The Balaban J connectivity index is 0.000000749. The van der Waals surface area contributed by atoms with Crippen molar-refractivity contribution in [1.29, 1.82) is 0 Å². The van der Waals surface area contributed by atoms with Crippen molar-refractivity contribution >= 4 is 35.5 Å². The third-order valence-electron chi connectivity index (χ3n) is 3.78. The molecule has 0 aromatic heterocycles. The molecule has 4 N–H and O–H groups in total. The van der Waals surface area contributed by atoms with Gasteiger partial charge in [0.05, 0.1) is 16.3 Å². The summed E-state index contributed by atoms with van der Waals surface area (Å²) in [4.78, 5) is 10.1. The summed E-state index contributed by atoms with van der Waals surface area (Å²) in [6, 6.07) is 9.61. The van der Waals surface area contributed by atoms with Gasteiger partial charge in [-0.25, -0.2) is 11.7 Å². The fraction of sp³-hybridized carbons (Fsp3) is 0.316. The molecule has 0 saturated heterocycles. The van der Waals surface area contributed by atoms with E-state index in [1.165, 1.54) is 36.9 Å². The molecule has 2 rings (SSSR count). The molecular formula is C19H24ClF3N4OS. The summed E-state index contributed by atoms with van der Waals surface area (Å²) in [5, 5.41) is 2.68. The summed E-state index contributed by atoms with van der Waals surface area (Å²) in [6.45, 7) is 2.01. The maximum atomic E-state index is 13.3. The molecule has 2 aromatic carbocycles. The van der Waals surface area contributed by atoms with Crippen molar-refractivity contribution in [3.8, 4) is 0 Å². The predicted molar refractivity (Wildman–Crippen MR) is 112 cm³/mol. The van der Waals surface area contributed by atoms with Gasteiger partial charge in [0, 0.05) is 24.7 Å². The van der Waals surface area contributed by atoms with Gasteiger partial charge in [0.15, 0.2) is 0 Å². The Morgan fingerprint density at radius 1 is 1.17 bits per heavy atom. The second-order valence-corrected chi connectivity index (χ2v) is 7.51. The number of benzene rings is 2. The van der Waals surface area contributed by atoms with Gasteiger partial charge in [-0.05, 0) is 41.8 Å². The number of rotatable bonds is 6. The van der Waals surface area contributed by atoms with Crippen LogP contribution in [0.4, 0.5) is 18.9 Å². The number of aryl methyl sites for hydroxylation is 1. The summed E-state index contributed by atoms with van der Waals surface area (Å²) < 4.78 is 40.0. The van der Waals surface area contributed by atoms with Crippen LogP contribution in [0, 0.1) is 0 Å². The number of carbonyl (C=O) groups is 1. The lowest BCUT2D eigenvalue weighted by Crippen LogP contribution is -2.27. The Labute approximate surface area is 177 Å². The van der Waals surface area contributed by atoms with Crippen LogP contribution < -0.4 is 16.7 Å². The highest BCUT2D eigenvalue weighted by Gasteiger charge is 2.34. The van der Waals surface area contributed by atoms with Gasteiger partial charge in [-0.2, -0.15) is 13.2 Å². The molecule has 0 bridgehead atoms. The summed E-state index contributed by atoms with van der Waals surface area (Å²) >= 11 is 7.45. The summed E-state index contributed by atoms with van der Waals surface area (Å²) in [5.41, 5.74) is 0.910. The number of nitrogens with two attached hydrogens (primary N) is 2. The molecule has 160 valence electrons. The molecular weight excluding hydrogens is 425 g/mol. The number of amides is 1. The van der Waals surface area contributed by atoms with Gasteiger partial charge in [-0.1, -0.05) is 30.7 Å². The average molecular weight is 449 g/mol. The molecule has 0 atom stereocenters. The van der Waals surface area contributed by atoms with Crippen LogP contribution in [0.3, 0.4) is 0 Å². The lowest BCUT2D eigenvalue weighted by molar-refractivity contribution is -0.138. The second kappa shape index (κ2) is 11.3. The molecule has 0 saturated carbocycles. The van der Waals surface area contributed by atoms with Gasteiger partial charge >= 0.3 is 6.18 Å². The standard InChI is InChI=1S/C17H18ClF3N2S.C2H6N2O/c1-3-11-7-8-14(18)16(9-11)24-10-12-13(17(19,20)21)5-4-6-15(12)23(2)22;1-4(3)2-5/h4-9H,3,10,22H2,1-2H3;2H,3H2,1H3. The van der Waals surface area contributed by atoms with Crippen molar-refractivity contribution < 1.29 is 18.0 Å². The van der Waals surface area contributed by atoms with Gasteiger partial charge in [-0.15, -0.1) is 11.8 Å². The highest BCUT2D eigenvalue weighted by Crippen LogP contribution is 2.40. The minimum atomic E-state index is -4.43. The Bertz CT molecular complexity index is 817. The zero-order valence-corrected chi connectivity index (χ0v) is 17.9. The molecule has 0 spiro atoms. The number of alkyl halides is 3. The third-order valence-corrected chi connectivity index (χ3v) is 5.30. The number of carbonyl (C=O) groups excluding carboxylic acids is 1. The molecule has 0 aliphatic carbocycles. The number of hydrazine groups is 2. The number of hydrogen-bond acceptors (Lipinski definition) is 5. The van der Waals surface area contributed by atoms with Crippen LogP contribution in [0.5, 0.6) is 0 Å². The van der Waals surface area contributed by atoms with Crippen LogP contribution in [-0.2, 0) is 23.1 Å². The molecule has 0 heterocycles. The van der Waals surface area contributed by atoms with E-state index in [1.54, 1.807) is 12.1 Å². The summed E-state index contributed by atoms with van der Waals surface area (Å²) in [5.74, 6) is 10.6. The van der Waals surface area contributed by atoms with Crippen molar-refractivity contribution in [3.63, 3.8) is 0 Å². The quantitative estimate of drug-likeness (QED) is 0.224. The van der Waals surface area contributed by atoms with E-state index in [0.717, 1.165) is 28.0 Å². The minimum absolute atomic E-state index is 0.124. The van der Waals surface area contributed by atoms with E-state index in [0.29, 0.717) is 17.1 Å². The van der Waals surface area contributed by atoms with Gasteiger partial charge in [0.1, 0.15) is 0 Å². The Hall–Kier alpha value is -1.94. The molecule has 0 fully saturated rings. The van der Waals surface area contributed by atoms with E-state index < -0.39 is 11.7 Å². The smallest absolute Gasteiger partial charge is 0.314 e. The topological polar surface area (TPSA) is 75.6 Å². The SMILES string of the molecule is CCc1ccc(Cl)c(SCc2c(N(C)N)cccc2C(F)(F)F)c1.CN(N)C=O. The van der Waals surface area contributed by atoms with Crippen molar-refractivity contribution in [3.05, 3.63) is 58.1 Å². The third kappa shape index (κ3) is 7.77. The van der Waals surface area contributed by atoms with Crippen LogP contribution >= 0.6 is 23.4 Å². The van der Waals surface area contributed by atoms with Crippen LogP contribution in [0.1, 0.15) is 23.6 Å². The summed E-state index contributed by atoms with van der Waals surface area (Å²) in [7, 11) is 2.99. The number of anilines is 1. The average Bonchev–Trinajstić information content (AvgIpc) is 2.66. The molecule has 1 amide bonds. The number of thioether (sulfide) groups is 1. The van der Waals surface area contributed by atoms with E-state index in [4.69, 9.17) is 23.3 Å². The fourth-order valence-electron chi connectivity index (χ4n) is 2.35. The van der Waals surface area contributed by atoms with Gasteiger partial charge in [0.25, 0.3) is 0 Å².